The number of benzene rings is 3. The van der Waals surface area contributed by atoms with E-state index in [1.165, 1.54) is 17.7 Å². The van der Waals surface area contributed by atoms with E-state index < -0.39 is 23.6 Å². The number of halogens is 3. The Kier molecular flexibility index (Phi) is 6.01. The molecule has 2 nitrogen and oxygen atoms in total. The molecule has 0 saturated carbocycles. The summed E-state index contributed by atoms with van der Waals surface area (Å²) in [5.74, 6) is -1.26. The van der Waals surface area contributed by atoms with Gasteiger partial charge in [-0.15, -0.1) is 0 Å². The number of rotatable bonds is 5. The van der Waals surface area contributed by atoms with E-state index >= 15 is 0 Å². The first kappa shape index (κ1) is 21.6. The molecule has 30 heavy (non-hydrogen) atoms. The van der Waals surface area contributed by atoms with Gasteiger partial charge >= 0.3 is 12.1 Å². The Morgan fingerprint density at radius 3 is 1.77 bits per heavy atom. The number of hydrogen-bond acceptors (Lipinski definition) is 1. The maximum atomic E-state index is 12.9. The van der Waals surface area contributed by atoms with Crippen LogP contribution in [-0.2, 0) is 11.0 Å². The molecule has 0 aliphatic carbocycles. The predicted molar refractivity (Wildman–Crippen MR) is 112 cm³/mol. The highest BCUT2D eigenvalue weighted by molar-refractivity contribution is 5.85. The molecule has 0 aromatic heterocycles. The first-order valence-electron chi connectivity index (χ1n) is 9.72. The minimum Gasteiger partial charge on any atom is -0.481 e. The Hall–Kier alpha value is -3.08. The molecule has 0 aliphatic rings. The highest BCUT2D eigenvalue weighted by Crippen LogP contribution is 2.37. The van der Waals surface area contributed by atoms with Crippen molar-refractivity contribution in [2.45, 2.75) is 38.8 Å². The van der Waals surface area contributed by atoms with E-state index in [2.05, 4.69) is 13.8 Å². The van der Waals surface area contributed by atoms with Gasteiger partial charge in [-0.1, -0.05) is 62.4 Å². The fourth-order valence-corrected chi connectivity index (χ4v) is 3.35. The summed E-state index contributed by atoms with van der Waals surface area (Å²) < 4.78 is 38.8. The van der Waals surface area contributed by atoms with Gasteiger partial charge in [0.05, 0.1) is 11.5 Å². The lowest BCUT2D eigenvalue weighted by atomic mass is 9.88. The summed E-state index contributed by atoms with van der Waals surface area (Å²) in [4.78, 5) is 11.4. The van der Waals surface area contributed by atoms with Crippen LogP contribution in [0.5, 0.6) is 0 Å². The number of carbonyl (C=O) groups is 1. The summed E-state index contributed by atoms with van der Waals surface area (Å²) in [6.45, 7) is 5.80. The van der Waals surface area contributed by atoms with Gasteiger partial charge in [-0.05, 0) is 64.4 Å². The molecule has 0 saturated heterocycles. The Balaban J connectivity index is 2.13. The Morgan fingerprint density at radius 1 is 0.767 bits per heavy atom. The minimum absolute atomic E-state index is 0.367. The van der Waals surface area contributed by atoms with Gasteiger partial charge in [-0.3, -0.25) is 4.79 Å². The van der Waals surface area contributed by atoms with Crippen molar-refractivity contribution >= 4 is 5.97 Å². The highest BCUT2D eigenvalue weighted by atomic mass is 19.4. The third kappa shape index (κ3) is 4.56. The number of alkyl halides is 3. The van der Waals surface area contributed by atoms with Gasteiger partial charge in [0.25, 0.3) is 0 Å². The third-order valence-electron chi connectivity index (χ3n) is 5.33. The number of hydrogen-bond donors (Lipinski definition) is 1. The Labute approximate surface area is 174 Å². The van der Waals surface area contributed by atoms with Gasteiger partial charge in [-0.25, -0.2) is 0 Å². The van der Waals surface area contributed by atoms with Crippen LogP contribution >= 0.6 is 0 Å². The molecule has 3 rings (SSSR count). The van der Waals surface area contributed by atoms with E-state index in [0.29, 0.717) is 17.0 Å². The SMILES string of the molecule is CC(C)c1ccc(-c2cc(C(C)C(=O)O)ccc2-c2ccc(C(F)(F)F)cc2)cc1. The first-order valence-corrected chi connectivity index (χ1v) is 9.72. The summed E-state index contributed by atoms with van der Waals surface area (Å²) in [5, 5.41) is 9.38. The van der Waals surface area contributed by atoms with Crippen molar-refractivity contribution in [1.29, 1.82) is 0 Å². The third-order valence-corrected chi connectivity index (χ3v) is 5.33. The first-order chi connectivity index (χ1) is 14.1. The molecule has 1 unspecified atom stereocenters. The standard InChI is InChI=1S/C25H23F3O2/c1-15(2)17-4-6-19(7-5-17)23-14-20(16(3)24(29)30)10-13-22(23)18-8-11-21(12-9-18)25(26,27)28/h4-16H,1-3H3,(H,29,30). The van der Waals surface area contributed by atoms with Crippen LogP contribution in [0.4, 0.5) is 13.2 Å². The van der Waals surface area contributed by atoms with Gasteiger partial charge in [0.2, 0.25) is 0 Å². The van der Waals surface area contributed by atoms with Crippen molar-refractivity contribution in [2.24, 2.45) is 0 Å². The van der Waals surface area contributed by atoms with Crippen molar-refractivity contribution < 1.29 is 23.1 Å². The average Bonchev–Trinajstić information content (AvgIpc) is 2.72. The molecule has 0 spiro atoms. The minimum atomic E-state index is -4.39. The molecule has 0 bridgehead atoms. The van der Waals surface area contributed by atoms with E-state index in [0.717, 1.165) is 28.8 Å². The molecule has 1 atom stereocenters. The molecule has 3 aromatic carbocycles. The van der Waals surface area contributed by atoms with E-state index in [4.69, 9.17) is 0 Å². The maximum Gasteiger partial charge on any atom is 0.416 e. The zero-order chi connectivity index (χ0) is 22.1. The molecule has 156 valence electrons. The molecular formula is C25H23F3O2. The maximum absolute atomic E-state index is 12.9. The van der Waals surface area contributed by atoms with Crippen LogP contribution < -0.4 is 0 Å². The van der Waals surface area contributed by atoms with Crippen LogP contribution in [0, 0.1) is 0 Å². The molecule has 0 heterocycles. The average molecular weight is 412 g/mol. The zero-order valence-corrected chi connectivity index (χ0v) is 17.0. The molecule has 0 fully saturated rings. The summed E-state index contributed by atoms with van der Waals surface area (Å²) in [7, 11) is 0. The molecule has 0 amide bonds. The Bertz CT molecular complexity index is 1030. The van der Waals surface area contributed by atoms with Gasteiger partial charge in [0.15, 0.2) is 0 Å². The summed E-state index contributed by atoms with van der Waals surface area (Å²) in [6.07, 6.45) is -4.39. The second kappa shape index (κ2) is 8.34. The molecular weight excluding hydrogens is 389 g/mol. The monoisotopic (exact) mass is 412 g/mol. The van der Waals surface area contributed by atoms with Crippen molar-refractivity contribution in [3.8, 4) is 22.3 Å². The smallest absolute Gasteiger partial charge is 0.416 e. The number of carboxylic acid groups (broad SMARTS) is 1. The zero-order valence-electron chi connectivity index (χ0n) is 17.0. The topological polar surface area (TPSA) is 37.3 Å². The highest BCUT2D eigenvalue weighted by Gasteiger charge is 2.30. The predicted octanol–water partition coefficient (Wildman–Crippen LogP) is 7.35. The second-order valence-corrected chi connectivity index (χ2v) is 7.72. The van der Waals surface area contributed by atoms with Crippen molar-refractivity contribution in [3.63, 3.8) is 0 Å². The molecule has 0 radical (unpaired) electrons. The molecule has 0 aliphatic heterocycles. The summed E-state index contributed by atoms with van der Waals surface area (Å²) in [5.41, 5.74) is 4.17. The number of carboxylic acids is 1. The second-order valence-electron chi connectivity index (χ2n) is 7.72. The van der Waals surface area contributed by atoms with Crippen LogP contribution in [0.2, 0.25) is 0 Å². The van der Waals surface area contributed by atoms with Crippen molar-refractivity contribution in [3.05, 3.63) is 83.4 Å². The number of aliphatic carboxylic acids is 1. The lowest BCUT2D eigenvalue weighted by Gasteiger charge is -2.16. The van der Waals surface area contributed by atoms with Crippen LogP contribution in [0.25, 0.3) is 22.3 Å². The van der Waals surface area contributed by atoms with Gasteiger partial charge in [0, 0.05) is 0 Å². The molecule has 3 aromatic rings. The van der Waals surface area contributed by atoms with E-state index in [-0.39, 0.29) is 0 Å². The lowest BCUT2D eigenvalue weighted by molar-refractivity contribution is -0.138. The largest absolute Gasteiger partial charge is 0.481 e. The molecule has 1 N–H and O–H groups in total. The van der Waals surface area contributed by atoms with Crippen molar-refractivity contribution in [1.82, 2.24) is 0 Å². The van der Waals surface area contributed by atoms with E-state index in [1.807, 2.05) is 30.3 Å². The van der Waals surface area contributed by atoms with Crippen LogP contribution in [0.1, 0.15) is 49.3 Å². The molecule has 5 heteroatoms. The van der Waals surface area contributed by atoms with E-state index in [1.54, 1.807) is 19.1 Å². The van der Waals surface area contributed by atoms with Gasteiger partial charge in [-0.2, -0.15) is 13.2 Å². The summed E-state index contributed by atoms with van der Waals surface area (Å²) in [6, 6.07) is 18.3. The van der Waals surface area contributed by atoms with Crippen LogP contribution in [-0.4, -0.2) is 11.1 Å². The Morgan fingerprint density at radius 2 is 1.27 bits per heavy atom. The fourth-order valence-electron chi connectivity index (χ4n) is 3.35. The quantitative estimate of drug-likeness (QED) is 0.476. The van der Waals surface area contributed by atoms with Gasteiger partial charge < -0.3 is 5.11 Å². The van der Waals surface area contributed by atoms with Crippen molar-refractivity contribution in [2.75, 3.05) is 0 Å². The van der Waals surface area contributed by atoms with Crippen LogP contribution in [0.3, 0.4) is 0 Å². The van der Waals surface area contributed by atoms with E-state index in [9.17, 15) is 23.1 Å². The lowest BCUT2D eigenvalue weighted by Crippen LogP contribution is -2.07. The van der Waals surface area contributed by atoms with Crippen LogP contribution in [0.15, 0.2) is 66.7 Å². The van der Waals surface area contributed by atoms with Gasteiger partial charge in [0.1, 0.15) is 0 Å². The summed E-state index contributed by atoms with van der Waals surface area (Å²) >= 11 is 0. The normalized spacial score (nSPS) is 12.8. The fraction of sp³-hybridized carbons (Fsp3) is 0.240.